The highest BCUT2D eigenvalue weighted by Gasteiger charge is 2.38. The van der Waals surface area contributed by atoms with E-state index in [1.54, 1.807) is 24.0 Å². The molecule has 138 valence electrons. The molecule has 3 heterocycles. The number of nitrogens with zero attached hydrogens (tertiary/aromatic N) is 3. The van der Waals surface area contributed by atoms with Crippen molar-refractivity contribution in [1.82, 2.24) is 9.97 Å². The highest BCUT2D eigenvalue weighted by Crippen LogP contribution is 2.25. The van der Waals surface area contributed by atoms with Gasteiger partial charge in [0, 0.05) is 25.0 Å². The molecule has 0 amide bonds. The maximum atomic E-state index is 13.3. The Hall–Kier alpha value is -1.90. The van der Waals surface area contributed by atoms with Gasteiger partial charge in [0.15, 0.2) is 0 Å². The fraction of sp³-hybridized carbons (Fsp3) is 0.444. The summed E-state index contributed by atoms with van der Waals surface area (Å²) in [7, 11) is 0. The molecule has 26 heavy (non-hydrogen) atoms. The number of nitrogens with one attached hydrogen (secondary N) is 1. The van der Waals surface area contributed by atoms with Crippen LogP contribution in [0.15, 0.2) is 41.6 Å². The summed E-state index contributed by atoms with van der Waals surface area (Å²) in [5, 5.41) is 4.23. The van der Waals surface area contributed by atoms with Crippen LogP contribution in [0.1, 0.15) is 0 Å². The summed E-state index contributed by atoms with van der Waals surface area (Å²) in [5.41, 5.74) is 0.734. The van der Waals surface area contributed by atoms with E-state index < -0.39 is 0 Å². The highest BCUT2D eigenvalue weighted by atomic mass is 32.2. The van der Waals surface area contributed by atoms with Crippen molar-refractivity contribution in [2.75, 3.05) is 42.8 Å². The molecular formula is C18H21FN4O2S. The number of rotatable bonds is 4. The predicted octanol–water partition coefficient (Wildman–Crippen LogP) is 2.42. The molecule has 2 aromatic rings. The Morgan fingerprint density at radius 3 is 2.65 bits per heavy atom. The van der Waals surface area contributed by atoms with E-state index in [1.165, 1.54) is 12.1 Å². The first-order valence-corrected chi connectivity index (χ1v) is 9.81. The van der Waals surface area contributed by atoms with Crippen LogP contribution in [-0.4, -0.2) is 60.8 Å². The van der Waals surface area contributed by atoms with Crippen LogP contribution in [0.25, 0.3) is 0 Å². The number of hydrogen-bond acceptors (Lipinski definition) is 7. The van der Waals surface area contributed by atoms with Crippen molar-refractivity contribution in [2.24, 2.45) is 0 Å². The Kier molecular flexibility index (Phi) is 5.23. The van der Waals surface area contributed by atoms with Gasteiger partial charge in [-0.05, 0) is 30.5 Å². The molecule has 2 aliphatic heterocycles. The molecule has 0 spiro atoms. The summed E-state index contributed by atoms with van der Waals surface area (Å²) >= 11 is 1.60. The average Bonchev–Trinajstić information content (AvgIpc) is 2.98. The lowest BCUT2D eigenvalue weighted by atomic mass is 10.2. The third kappa shape index (κ3) is 3.92. The first-order chi connectivity index (χ1) is 12.7. The van der Waals surface area contributed by atoms with Crippen LogP contribution in [0.5, 0.6) is 0 Å². The SMILES string of the molecule is CSc1ccnc(N2C[C@@H]3OCC(Nc4cccc(F)c4)CO[C@H]3C2)n1. The number of ether oxygens (including phenoxy) is 2. The van der Waals surface area contributed by atoms with Gasteiger partial charge in [0.1, 0.15) is 23.1 Å². The molecule has 1 aromatic heterocycles. The van der Waals surface area contributed by atoms with Crippen LogP contribution in [0, 0.1) is 5.82 Å². The van der Waals surface area contributed by atoms with Crippen LogP contribution >= 0.6 is 11.8 Å². The molecule has 8 heteroatoms. The van der Waals surface area contributed by atoms with Gasteiger partial charge in [-0.15, -0.1) is 11.8 Å². The lowest BCUT2D eigenvalue weighted by molar-refractivity contribution is -0.00461. The van der Waals surface area contributed by atoms with Crippen molar-refractivity contribution in [3.63, 3.8) is 0 Å². The maximum absolute atomic E-state index is 13.3. The normalized spacial score (nSPS) is 23.5. The highest BCUT2D eigenvalue weighted by molar-refractivity contribution is 7.98. The quantitative estimate of drug-likeness (QED) is 0.650. The minimum atomic E-state index is -0.259. The van der Waals surface area contributed by atoms with Crippen molar-refractivity contribution in [1.29, 1.82) is 0 Å². The van der Waals surface area contributed by atoms with E-state index in [0.29, 0.717) is 32.3 Å². The molecule has 0 unspecified atom stereocenters. The second-order valence-electron chi connectivity index (χ2n) is 6.40. The minimum absolute atomic E-state index is 0.00748. The summed E-state index contributed by atoms with van der Waals surface area (Å²) in [6, 6.07) is 8.32. The molecule has 6 nitrogen and oxygen atoms in total. The lowest BCUT2D eigenvalue weighted by Gasteiger charge is -2.20. The summed E-state index contributed by atoms with van der Waals surface area (Å²) in [5.74, 6) is 0.456. The summed E-state index contributed by atoms with van der Waals surface area (Å²) in [6.45, 7) is 2.43. The van der Waals surface area contributed by atoms with Gasteiger partial charge < -0.3 is 19.7 Å². The van der Waals surface area contributed by atoms with Crippen LogP contribution in [-0.2, 0) is 9.47 Å². The van der Waals surface area contributed by atoms with E-state index in [2.05, 4.69) is 20.2 Å². The molecule has 2 saturated heterocycles. The van der Waals surface area contributed by atoms with Gasteiger partial charge in [-0.3, -0.25) is 0 Å². The number of halogens is 1. The zero-order valence-electron chi connectivity index (χ0n) is 14.5. The smallest absolute Gasteiger partial charge is 0.226 e. The van der Waals surface area contributed by atoms with Crippen molar-refractivity contribution in [3.05, 3.63) is 42.3 Å². The molecule has 0 bridgehead atoms. The van der Waals surface area contributed by atoms with E-state index in [-0.39, 0.29) is 24.1 Å². The molecule has 0 radical (unpaired) electrons. The first-order valence-electron chi connectivity index (χ1n) is 8.58. The fourth-order valence-corrected chi connectivity index (χ4v) is 3.62. The Bertz CT molecular complexity index is 749. The van der Waals surface area contributed by atoms with Gasteiger partial charge in [0.05, 0.1) is 19.3 Å². The first kappa shape index (κ1) is 17.5. The Balaban J connectivity index is 1.36. The van der Waals surface area contributed by atoms with Gasteiger partial charge in [-0.25, -0.2) is 14.4 Å². The van der Waals surface area contributed by atoms with E-state index in [9.17, 15) is 4.39 Å². The molecule has 0 saturated carbocycles. The van der Waals surface area contributed by atoms with Gasteiger partial charge in [-0.2, -0.15) is 0 Å². The van der Waals surface area contributed by atoms with Crippen molar-refractivity contribution >= 4 is 23.4 Å². The van der Waals surface area contributed by atoms with Crippen molar-refractivity contribution in [3.8, 4) is 0 Å². The zero-order chi connectivity index (χ0) is 17.9. The summed E-state index contributed by atoms with van der Waals surface area (Å²) < 4.78 is 25.5. The topological polar surface area (TPSA) is 59.5 Å². The number of benzene rings is 1. The molecule has 2 fully saturated rings. The minimum Gasteiger partial charge on any atom is -0.378 e. The van der Waals surface area contributed by atoms with Gasteiger partial charge >= 0.3 is 0 Å². The number of aromatic nitrogens is 2. The number of thioether (sulfide) groups is 1. The second-order valence-corrected chi connectivity index (χ2v) is 7.23. The lowest BCUT2D eigenvalue weighted by Crippen LogP contribution is -2.31. The van der Waals surface area contributed by atoms with E-state index in [1.807, 2.05) is 18.4 Å². The number of fused-ring (bicyclic) bond motifs is 1. The Morgan fingerprint density at radius 1 is 1.19 bits per heavy atom. The molecule has 1 aromatic carbocycles. The number of hydrogen-bond donors (Lipinski definition) is 1. The van der Waals surface area contributed by atoms with Crippen LogP contribution < -0.4 is 10.2 Å². The number of anilines is 2. The molecule has 0 aliphatic carbocycles. The third-order valence-electron chi connectivity index (χ3n) is 4.54. The van der Waals surface area contributed by atoms with Crippen molar-refractivity contribution < 1.29 is 13.9 Å². The largest absolute Gasteiger partial charge is 0.378 e. The van der Waals surface area contributed by atoms with Gasteiger partial charge in [0.2, 0.25) is 5.95 Å². The van der Waals surface area contributed by atoms with E-state index in [4.69, 9.17) is 9.47 Å². The summed E-state index contributed by atoms with van der Waals surface area (Å²) in [6.07, 6.45) is 3.74. The van der Waals surface area contributed by atoms with Crippen molar-refractivity contribution in [2.45, 2.75) is 23.3 Å². The second kappa shape index (κ2) is 7.77. The summed E-state index contributed by atoms with van der Waals surface area (Å²) in [4.78, 5) is 11.0. The van der Waals surface area contributed by atoms with Crippen LogP contribution in [0.3, 0.4) is 0 Å². The van der Waals surface area contributed by atoms with E-state index in [0.717, 1.165) is 10.7 Å². The maximum Gasteiger partial charge on any atom is 0.226 e. The molecular weight excluding hydrogens is 355 g/mol. The fourth-order valence-electron chi connectivity index (χ4n) is 3.25. The molecule has 4 rings (SSSR count). The third-order valence-corrected chi connectivity index (χ3v) is 5.19. The zero-order valence-corrected chi connectivity index (χ0v) is 15.3. The molecule has 2 atom stereocenters. The molecule has 1 N–H and O–H groups in total. The average molecular weight is 376 g/mol. The predicted molar refractivity (Wildman–Crippen MR) is 99.3 cm³/mol. The Morgan fingerprint density at radius 2 is 1.96 bits per heavy atom. The van der Waals surface area contributed by atoms with Gasteiger partial charge in [-0.1, -0.05) is 6.07 Å². The molecule has 2 aliphatic rings. The van der Waals surface area contributed by atoms with Crippen LogP contribution in [0.4, 0.5) is 16.0 Å². The van der Waals surface area contributed by atoms with E-state index >= 15 is 0 Å². The van der Waals surface area contributed by atoms with Gasteiger partial charge in [0.25, 0.3) is 0 Å². The monoisotopic (exact) mass is 376 g/mol. The van der Waals surface area contributed by atoms with Crippen LogP contribution in [0.2, 0.25) is 0 Å². The Labute approximate surface area is 156 Å². The standard InChI is InChI=1S/C18H21FN4O2S/c1-26-17-5-6-20-18(22-17)23-8-15-16(9-23)25-11-14(10-24-15)21-13-4-2-3-12(19)7-13/h2-7,14-16,21H,8-11H2,1H3/t15-,16-/m0/s1.